The van der Waals surface area contributed by atoms with Crippen molar-refractivity contribution in [2.75, 3.05) is 17.7 Å². The topological polar surface area (TPSA) is 101 Å². The van der Waals surface area contributed by atoms with Gasteiger partial charge >= 0.3 is 0 Å². The zero-order valence-electron chi connectivity index (χ0n) is 11.9. The quantitative estimate of drug-likeness (QED) is 0.765. The lowest BCUT2D eigenvalue weighted by Gasteiger charge is -2.28. The average Bonchev–Trinajstić information content (AvgIpc) is 3.04. The molecule has 0 radical (unpaired) electrons. The van der Waals surface area contributed by atoms with Crippen molar-refractivity contribution in [1.29, 1.82) is 0 Å². The Labute approximate surface area is 122 Å². The molecule has 2 unspecified atom stereocenters. The van der Waals surface area contributed by atoms with E-state index < -0.39 is 0 Å². The second kappa shape index (κ2) is 6.04. The van der Waals surface area contributed by atoms with E-state index in [1.54, 1.807) is 30.2 Å². The van der Waals surface area contributed by atoms with Crippen molar-refractivity contribution in [3.63, 3.8) is 0 Å². The highest BCUT2D eigenvalue weighted by atomic mass is 16.3. The molecule has 0 spiro atoms. The van der Waals surface area contributed by atoms with Gasteiger partial charge in [0.15, 0.2) is 0 Å². The zero-order valence-corrected chi connectivity index (χ0v) is 11.9. The van der Waals surface area contributed by atoms with Gasteiger partial charge in [-0.3, -0.25) is 0 Å². The van der Waals surface area contributed by atoms with Gasteiger partial charge in [-0.25, -0.2) is 4.68 Å². The molecule has 0 aromatic carbocycles. The Bertz CT molecular complexity index is 586. The van der Waals surface area contributed by atoms with Crippen LogP contribution in [0.3, 0.4) is 0 Å². The van der Waals surface area contributed by atoms with E-state index in [0.717, 1.165) is 25.7 Å². The lowest BCUT2D eigenvalue weighted by molar-refractivity contribution is 0.116. The summed E-state index contributed by atoms with van der Waals surface area (Å²) in [5.74, 6) is 1.35. The normalized spacial score (nSPS) is 22.0. The minimum absolute atomic E-state index is 0.0173. The van der Waals surface area contributed by atoms with Crippen LogP contribution in [0.15, 0.2) is 18.5 Å². The van der Waals surface area contributed by atoms with Crippen molar-refractivity contribution in [1.82, 2.24) is 24.7 Å². The molecule has 112 valence electrons. The molecule has 8 nitrogen and oxygen atoms in total. The maximum Gasteiger partial charge on any atom is 0.257 e. The van der Waals surface area contributed by atoms with Crippen LogP contribution in [0.1, 0.15) is 25.7 Å². The summed E-state index contributed by atoms with van der Waals surface area (Å²) in [6.45, 7) is 0. The molecule has 2 aromatic heterocycles. The molecule has 3 rings (SSSR count). The number of anilines is 2. The van der Waals surface area contributed by atoms with Gasteiger partial charge in [-0.2, -0.15) is 20.1 Å². The molecular formula is C13H19N7O. The Morgan fingerprint density at radius 2 is 2.00 bits per heavy atom. The van der Waals surface area contributed by atoms with Gasteiger partial charge in [0.05, 0.1) is 12.1 Å². The Kier molecular flexibility index (Phi) is 3.96. The highest BCUT2D eigenvalue weighted by Crippen LogP contribution is 2.21. The molecule has 2 aromatic rings. The fourth-order valence-electron chi connectivity index (χ4n) is 2.48. The number of nitrogens with zero attached hydrogens (tertiary/aromatic N) is 5. The van der Waals surface area contributed by atoms with Crippen molar-refractivity contribution in [3.05, 3.63) is 18.5 Å². The minimum atomic E-state index is -0.360. The lowest BCUT2D eigenvalue weighted by atomic mass is 9.93. The zero-order chi connectivity index (χ0) is 14.7. The summed E-state index contributed by atoms with van der Waals surface area (Å²) in [6, 6.07) is 1.79. The standard InChI is InChI=1S/C13H19N7O/c1-14-11-17-12(16-9-5-2-3-6-10(9)21)19-13(18-11)20-8-4-7-15-20/h4,7-10,21H,2-3,5-6H2,1H3,(H2,14,16,17,18,19). The molecule has 3 N–H and O–H groups in total. The van der Waals surface area contributed by atoms with E-state index in [4.69, 9.17) is 0 Å². The molecule has 8 heteroatoms. The first-order valence-corrected chi connectivity index (χ1v) is 7.15. The molecule has 1 fully saturated rings. The van der Waals surface area contributed by atoms with Crippen molar-refractivity contribution in [2.24, 2.45) is 0 Å². The Balaban J connectivity index is 1.85. The molecule has 0 saturated heterocycles. The molecule has 1 aliphatic rings. The molecule has 2 atom stereocenters. The Morgan fingerprint density at radius 3 is 2.71 bits per heavy atom. The summed E-state index contributed by atoms with van der Waals surface area (Å²) in [4.78, 5) is 12.9. The summed E-state index contributed by atoms with van der Waals surface area (Å²) in [6.07, 6.45) is 6.98. The largest absolute Gasteiger partial charge is 0.391 e. The van der Waals surface area contributed by atoms with Crippen molar-refractivity contribution < 1.29 is 5.11 Å². The van der Waals surface area contributed by atoms with Crippen LogP contribution in [-0.2, 0) is 0 Å². The van der Waals surface area contributed by atoms with Crippen LogP contribution in [0, 0.1) is 0 Å². The third-order valence-corrected chi connectivity index (χ3v) is 3.60. The second-order valence-corrected chi connectivity index (χ2v) is 5.09. The number of nitrogens with one attached hydrogen (secondary N) is 2. The summed E-state index contributed by atoms with van der Waals surface area (Å²) in [5, 5.41) is 20.3. The van der Waals surface area contributed by atoms with Crippen LogP contribution < -0.4 is 10.6 Å². The summed E-state index contributed by atoms with van der Waals surface area (Å²) in [5.41, 5.74) is 0. The minimum Gasteiger partial charge on any atom is -0.391 e. The number of aromatic nitrogens is 5. The number of rotatable bonds is 4. The first-order chi connectivity index (χ1) is 10.3. The smallest absolute Gasteiger partial charge is 0.257 e. The van der Waals surface area contributed by atoms with Gasteiger partial charge in [-0.15, -0.1) is 0 Å². The molecule has 2 heterocycles. The number of aliphatic hydroxyl groups is 1. The summed E-state index contributed by atoms with van der Waals surface area (Å²) in [7, 11) is 1.75. The van der Waals surface area contributed by atoms with E-state index in [1.165, 1.54) is 0 Å². The van der Waals surface area contributed by atoms with Crippen molar-refractivity contribution in [3.8, 4) is 5.95 Å². The molecule has 0 bridgehead atoms. The van der Waals surface area contributed by atoms with Gasteiger partial charge in [0.2, 0.25) is 11.9 Å². The Hall–Kier alpha value is -2.22. The Morgan fingerprint density at radius 1 is 1.19 bits per heavy atom. The van der Waals surface area contributed by atoms with Crippen LogP contribution in [-0.4, -0.2) is 49.0 Å². The molecule has 1 saturated carbocycles. The SMILES string of the molecule is CNc1nc(NC2CCCCC2O)nc(-n2cccn2)n1. The fourth-order valence-corrected chi connectivity index (χ4v) is 2.48. The van der Waals surface area contributed by atoms with Crippen LogP contribution >= 0.6 is 0 Å². The van der Waals surface area contributed by atoms with Gasteiger partial charge in [0.25, 0.3) is 5.95 Å². The highest BCUT2D eigenvalue weighted by molar-refractivity contribution is 5.38. The highest BCUT2D eigenvalue weighted by Gasteiger charge is 2.24. The first kappa shape index (κ1) is 13.7. The van der Waals surface area contributed by atoms with Gasteiger partial charge in [0, 0.05) is 19.4 Å². The van der Waals surface area contributed by atoms with Crippen molar-refractivity contribution >= 4 is 11.9 Å². The molecule has 21 heavy (non-hydrogen) atoms. The van der Waals surface area contributed by atoms with Crippen molar-refractivity contribution in [2.45, 2.75) is 37.8 Å². The average molecular weight is 289 g/mol. The van der Waals surface area contributed by atoms with E-state index in [1.807, 2.05) is 0 Å². The number of aliphatic hydroxyl groups excluding tert-OH is 1. The van der Waals surface area contributed by atoms with Crippen LogP contribution in [0.4, 0.5) is 11.9 Å². The number of hydrogen-bond acceptors (Lipinski definition) is 7. The maximum atomic E-state index is 10.0. The third-order valence-electron chi connectivity index (χ3n) is 3.60. The number of hydrogen-bond donors (Lipinski definition) is 3. The van der Waals surface area contributed by atoms with E-state index in [2.05, 4.69) is 30.7 Å². The van der Waals surface area contributed by atoms with E-state index in [0.29, 0.717) is 17.8 Å². The molecular weight excluding hydrogens is 270 g/mol. The molecule has 0 amide bonds. The molecule has 1 aliphatic carbocycles. The summed E-state index contributed by atoms with van der Waals surface area (Å²) >= 11 is 0. The van der Waals surface area contributed by atoms with Crippen LogP contribution in [0.2, 0.25) is 0 Å². The van der Waals surface area contributed by atoms with Crippen LogP contribution in [0.5, 0.6) is 0 Å². The monoisotopic (exact) mass is 289 g/mol. The van der Waals surface area contributed by atoms with E-state index >= 15 is 0 Å². The predicted molar refractivity (Wildman–Crippen MR) is 78.4 cm³/mol. The fraction of sp³-hybridized carbons (Fsp3) is 0.538. The van der Waals surface area contributed by atoms with E-state index in [-0.39, 0.29) is 12.1 Å². The molecule has 0 aliphatic heterocycles. The predicted octanol–water partition coefficient (Wildman–Crippen LogP) is 0.814. The summed E-state index contributed by atoms with van der Waals surface area (Å²) < 4.78 is 1.57. The van der Waals surface area contributed by atoms with Crippen LogP contribution in [0.25, 0.3) is 5.95 Å². The van der Waals surface area contributed by atoms with Gasteiger partial charge < -0.3 is 15.7 Å². The lowest BCUT2D eigenvalue weighted by Crippen LogP contribution is -2.37. The third kappa shape index (κ3) is 3.10. The van der Waals surface area contributed by atoms with Gasteiger partial charge in [-0.05, 0) is 18.9 Å². The van der Waals surface area contributed by atoms with Gasteiger partial charge in [0.1, 0.15) is 0 Å². The van der Waals surface area contributed by atoms with E-state index in [9.17, 15) is 5.11 Å². The second-order valence-electron chi connectivity index (χ2n) is 5.09. The first-order valence-electron chi connectivity index (χ1n) is 7.15. The van der Waals surface area contributed by atoms with Gasteiger partial charge in [-0.1, -0.05) is 12.8 Å². The maximum absolute atomic E-state index is 10.0.